The van der Waals surface area contributed by atoms with E-state index in [1.54, 1.807) is 25.1 Å². The summed E-state index contributed by atoms with van der Waals surface area (Å²) < 4.78 is 0. The fourth-order valence-electron chi connectivity index (χ4n) is 1.17. The minimum atomic E-state index is -0.954. The second-order valence-electron chi connectivity index (χ2n) is 3.09. The fraction of sp³-hybridized carbons (Fsp3) is 0.400. The molecule has 2 nitrogen and oxygen atoms in total. The zero-order valence-electron chi connectivity index (χ0n) is 7.74. The van der Waals surface area contributed by atoms with Crippen molar-refractivity contribution in [2.75, 3.05) is 0 Å². The first-order chi connectivity index (χ1) is 6.56. The zero-order valence-corrected chi connectivity index (χ0v) is 9.26. The minimum Gasteiger partial charge on any atom is -0.390 e. The first-order valence-electron chi connectivity index (χ1n) is 4.37. The van der Waals surface area contributed by atoms with E-state index in [1.165, 1.54) is 0 Å². The molecule has 1 unspecified atom stereocenters. The first-order valence-corrected chi connectivity index (χ1v) is 5.13. The summed E-state index contributed by atoms with van der Waals surface area (Å²) in [6.07, 6.45) is -1.28. The fourth-order valence-corrected chi connectivity index (χ4v) is 1.69. The molecule has 0 aromatic heterocycles. The van der Waals surface area contributed by atoms with E-state index in [-0.39, 0.29) is 0 Å². The van der Waals surface area contributed by atoms with Gasteiger partial charge in [-0.15, -0.1) is 0 Å². The van der Waals surface area contributed by atoms with E-state index in [4.69, 9.17) is 23.2 Å². The van der Waals surface area contributed by atoms with Crippen molar-refractivity contribution in [3.63, 3.8) is 0 Å². The van der Waals surface area contributed by atoms with Crippen molar-refractivity contribution in [1.29, 1.82) is 0 Å². The number of hydrogen-bond donors (Lipinski definition) is 2. The van der Waals surface area contributed by atoms with Crippen LogP contribution in [-0.2, 0) is 0 Å². The van der Waals surface area contributed by atoms with Gasteiger partial charge in [0.2, 0.25) is 0 Å². The first kappa shape index (κ1) is 11.8. The largest absolute Gasteiger partial charge is 0.390 e. The van der Waals surface area contributed by atoms with E-state index in [2.05, 4.69) is 0 Å². The third-order valence-corrected chi connectivity index (χ3v) is 2.63. The summed E-state index contributed by atoms with van der Waals surface area (Å²) in [5.41, 5.74) is 0.505. The molecule has 0 aliphatic carbocycles. The van der Waals surface area contributed by atoms with Crippen LogP contribution < -0.4 is 0 Å². The highest BCUT2D eigenvalue weighted by atomic mass is 35.5. The van der Waals surface area contributed by atoms with Crippen LogP contribution in [0.1, 0.15) is 25.0 Å². The van der Waals surface area contributed by atoms with E-state index in [0.29, 0.717) is 22.0 Å². The Bertz CT molecular complexity index is 315. The van der Waals surface area contributed by atoms with Crippen LogP contribution in [0.2, 0.25) is 10.0 Å². The van der Waals surface area contributed by atoms with E-state index >= 15 is 0 Å². The number of hydrogen-bond acceptors (Lipinski definition) is 2. The van der Waals surface area contributed by atoms with Gasteiger partial charge >= 0.3 is 0 Å². The Kier molecular flexibility index (Phi) is 4.20. The molecule has 0 fully saturated rings. The third kappa shape index (κ3) is 2.61. The van der Waals surface area contributed by atoms with Crippen molar-refractivity contribution in [1.82, 2.24) is 0 Å². The summed E-state index contributed by atoms with van der Waals surface area (Å²) in [5, 5.41) is 20.0. The number of aliphatic hydroxyl groups excluding tert-OH is 2. The third-order valence-electron chi connectivity index (χ3n) is 2.06. The van der Waals surface area contributed by atoms with Gasteiger partial charge in [-0.1, -0.05) is 36.2 Å². The monoisotopic (exact) mass is 234 g/mol. The Hall–Kier alpha value is -0.280. The van der Waals surface area contributed by atoms with Crippen molar-refractivity contribution in [3.05, 3.63) is 33.8 Å². The molecule has 4 heteroatoms. The van der Waals surface area contributed by atoms with Gasteiger partial charge in [0.05, 0.1) is 6.10 Å². The van der Waals surface area contributed by atoms with Gasteiger partial charge in [0.25, 0.3) is 0 Å². The lowest BCUT2D eigenvalue weighted by Gasteiger charge is -2.17. The van der Waals surface area contributed by atoms with Crippen molar-refractivity contribution in [2.45, 2.75) is 25.6 Å². The molecule has 0 amide bonds. The molecule has 0 aliphatic rings. The SMILES string of the molecule is CCC(O)[C@H](O)c1ccc(Cl)cc1Cl. The van der Waals surface area contributed by atoms with Crippen molar-refractivity contribution >= 4 is 23.2 Å². The maximum absolute atomic E-state index is 9.68. The number of halogens is 2. The summed E-state index contributed by atoms with van der Waals surface area (Å²) in [5.74, 6) is 0. The lowest BCUT2D eigenvalue weighted by Crippen LogP contribution is -2.17. The Balaban J connectivity index is 2.95. The normalized spacial score (nSPS) is 15.2. The molecule has 14 heavy (non-hydrogen) atoms. The highest BCUT2D eigenvalue weighted by Gasteiger charge is 2.18. The molecule has 1 aromatic rings. The summed E-state index contributed by atoms with van der Waals surface area (Å²) in [4.78, 5) is 0. The molecule has 78 valence electrons. The molecule has 0 heterocycles. The van der Waals surface area contributed by atoms with Gasteiger partial charge in [-0.25, -0.2) is 0 Å². The van der Waals surface area contributed by atoms with Crippen LogP contribution in [0.25, 0.3) is 0 Å². The van der Waals surface area contributed by atoms with Gasteiger partial charge in [0, 0.05) is 15.6 Å². The van der Waals surface area contributed by atoms with Crippen LogP contribution in [0.15, 0.2) is 18.2 Å². The summed E-state index contributed by atoms with van der Waals surface area (Å²) >= 11 is 11.6. The Morgan fingerprint density at radius 3 is 2.43 bits per heavy atom. The van der Waals surface area contributed by atoms with Gasteiger partial charge in [0.15, 0.2) is 0 Å². The lowest BCUT2D eigenvalue weighted by molar-refractivity contribution is 0.0165. The minimum absolute atomic E-state index is 0.373. The van der Waals surface area contributed by atoms with Gasteiger partial charge in [-0.3, -0.25) is 0 Å². The van der Waals surface area contributed by atoms with Crippen LogP contribution in [0, 0.1) is 0 Å². The smallest absolute Gasteiger partial charge is 0.106 e. The van der Waals surface area contributed by atoms with Crippen molar-refractivity contribution in [2.24, 2.45) is 0 Å². The Morgan fingerprint density at radius 2 is 1.93 bits per heavy atom. The number of rotatable bonds is 3. The van der Waals surface area contributed by atoms with E-state index < -0.39 is 12.2 Å². The number of benzene rings is 1. The average molecular weight is 235 g/mol. The summed E-state index contributed by atoms with van der Waals surface area (Å²) in [6, 6.07) is 4.80. The lowest BCUT2D eigenvalue weighted by atomic mass is 10.0. The molecule has 1 aromatic carbocycles. The van der Waals surface area contributed by atoms with Crippen LogP contribution >= 0.6 is 23.2 Å². The maximum Gasteiger partial charge on any atom is 0.106 e. The van der Waals surface area contributed by atoms with Gasteiger partial charge in [0.1, 0.15) is 6.10 Å². The molecule has 0 aliphatic heterocycles. The highest BCUT2D eigenvalue weighted by molar-refractivity contribution is 6.35. The van der Waals surface area contributed by atoms with Crippen molar-refractivity contribution in [3.8, 4) is 0 Å². The van der Waals surface area contributed by atoms with Gasteiger partial charge < -0.3 is 10.2 Å². The Labute approximate surface area is 93.1 Å². The van der Waals surface area contributed by atoms with E-state index in [0.717, 1.165) is 0 Å². The van der Waals surface area contributed by atoms with Crippen LogP contribution in [0.5, 0.6) is 0 Å². The molecular weight excluding hydrogens is 223 g/mol. The maximum atomic E-state index is 9.68. The predicted molar refractivity (Wildman–Crippen MR) is 57.7 cm³/mol. The summed E-state index contributed by atoms with van der Waals surface area (Å²) in [6.45, 7) is 1.79. The highest BCUT2D eigenvalue weighted by Crippen LogP contribution is 2.28. The standard InChI is InChI=1S/C10H12Cl2O2/c1-2-9(13)10(14)7-4-3-6(11)5-8(7)12/h3-5,9-10,13-14H,2H2,1H3/t9?,10-/m1/s1. The molecule has 0 bridgehead atoms. The van der Waals surface area contributed by atoms with Crippen LogP contribution in [-0.4, -0.2) is 16.3 Å². The molecule has 2 atom stereocenters. The van der Waals surface area contributed by atoms with E-state index in [9.17, 15) is 10.2 Å². The molecular formula is C10H12Cl2O2. The zero-order chi connectivity index (χ0) is 10.7. The quantitative estimate of drug-likeness (QED) is 0.845. The molecule has 1 rings (SSSR count). The topological polar surface area (TPSA) is 40.5 Å². The van der Waals surface area contributed by atoms with Gasteiger partial charge in [-0.05, 0) is 18.6 Å². The molecule has 0 radical (unpaired) electrons. The summed E-state index contributed by atoms with van der Waals surface area (Å²) in [7, 11) is 0. The average Bonchev–Trinajstić information content (AvgIpc) is 2.15. The number of aliphatic hydroxyl groups is 2. The van der Waals surface area contributed by atoms with Crippen LogP contribution in [0.4, 0.5) is 0 Å². The molecule has 0 saturated heterocycles. The van der Waals surface area contributed by atoms with Gasteiger partial charge in [-0.2, -0.15) is 0 Å². The molecule has 0 saturated carbocycles. The molecule has 0 spiro atoms. The second kappa shape index (κ2) is 4.99. The van der Waals surface area contributed by atoms with Crippen molar-refractivity contribution < 1.29 is 10.2 Å². The molecule has 2 N–H and O–H groups in total. The van der Waals surface area contributed by atoms with Crippen LogP contribution in [0.3, 0.4) is 0 Å². The Morgan fingerprint density at radius 1 is 1.29 bits per heavy atom. The second-order valence-corrected chi connectivity index (χ2v) is 3.93. The van der Waals surface area contributed by atoms with E-state index in [1.807, 2.05) is 0 Å². The predicted octanol–water partition coefficient (Wildman–Crippen LogP) is 2.80.